The van der Waals surface area contributed by atoms with Gasteiger partial charge in [-0.05, 0) is 19.8 Å². The van der Waals surface area contributed by atoms with E-state index >= 15 is 0 Å². The molecule has 0 unspecified atom stereocenters. The molecule has 2 heterocycles. The molecule has 6 nitrogen and oxygen atoms in total. The van der Waals surface area contributed by atoms with E-state index in [1.54, 1.807) is 12.5 Å². The Balaban J connectivity index is 2.10. The van der Waals surface area contributed by atoms with E-state index in [4.69, 9.17) is 4.42 Å². The van der Waals surface area contributed by atoms with Crippen molar-refractivity contribution in [2.75, 3.05) is 17.2 Å². The number of hydrogen-bond acceptors (Lipinski definition) is 6. The third-order valence-corrected chi connectivity index (χ3v) is 2.92. The fraction of sp³-hybridized carbons (Fsp3) is 0.500. The molecule has 0 radical (unpaired) electrons. The first-order chi connectivity index (χ1) is 9.74. The molecule has 2 rings (SSSR count). The monoisotopic (exact) mass is 275 g/mol. The smallest absolute Gasteiger partial charge is 0.213 e. The minimum atomic E-state index is 0.519. The third-order valence-electron chi connectivity index (χ3n) is 2.92. The molecular weight excluding hydrogens is 254 g/mol. The summed E-state index contributed by atoms with van der Waals surface area (Å²) in [4.78, 5) is 12.8. The summed E-state index contributed by atoms with van der Waals surface area (Å²) in [5, 5.41) is 6.59. The summed E-state index contributed by atoms with van der Waals surface area (Å²) < 4.78 is 5.44. The molecule has 0 amide bonds. The number of anilines is 2. The highest BCUT2D eigenvalue weighted by Gasteiger charge is 2.10. The minimum absolute atomic E-state index is 0.519. The van der Waals surface area contributed by atoms with E-state index in [2.05, 4.69) is 39.4 Å². The van der Waals surface area contributed by atoms with Crippen molar-refractivity contribution >= 4 is 11.6 Å². The van der Waals surface area contributed by atoms with Gasteiger partial charge in [0.2, 0.25) is 5.89 Å². The lowest BCUT2D eigenvalue weighted by molar-refractivity contribution is 0.478. The van der Waals surface area contributed by atoms with E-state index < -0.39 is 0 Å². The lowest BCUT2D eigenvalue weighted by Crippen LogP contribution is -2.10. The van der Waals surface area contributed by atoms with Crippen LogP contribution in [0.2, 0.25) is 0 Å². The van der Waals surface area contributed by atoms with Gasteiger partial charge in [0, 0.05) is 12.1 Å². The van der Waals surface area contributed by atoms with Crippen LogP contribution in [0, 0.1) is 6.92 Å². The van der Waals surface area contributed by atoms with Crippen molar-refractivity contribution in [2.24, 2.45) is 0 Å². The van der Waals surface area contributed by atoms with Crippen molar-refractivity contribution in [2.45, 2.75) is 40.2 Å². The van der Waals surface area contributed by atoms with Crippen LogP contribution in [0.25, 0.3) is 0 Å². The lowest BCUT2D eigenvalue weighted by atomic mass is 10.2. The Kier molecular flexibility index (Phi) is 4.92. The summed E-state index contributed by atoms with van der Waals surface area (Å²) in [6.45, 7) is 7.53. The van der Waals surface area contributed by atoms with Gasteiger partial charge in [-0.2, -0.15) is 0 Å². The lowest BCUT2D eigenvalue weighted by Gasteiger charge is -2.13. The second-order valence-corrected chi connectivity index (χ2v) is 4.55. The van der Waals surface area contributed by atoms with Crippen molar-refractivity contribution in [3.8, 4) is 0 Å². The molecule has 0 atom stereocenters. The number of rotatable bonds is 7. The topological polar surface area (TPSA) is 75.9 Å². The maximum atomic E-state index is 5.44. The number of hydrogen-bond donors (Lipinski definition) is 2. The van der Waals surface area contributed by atoms with Gasteiger partial charge in [0.25, 0.3) is 0 Å². The van der Waals surface area contributed by atoms with Gasteiger partial charge >= 0.3 is 0 Å². The maximum absolute atomic E-state index is 5.44. The van der Waals surface area contributed by atoms with Crippen LogP contribution in [-0.2, 0) is 13.0 Å². The Hall–Kier alpha value is -2.11. The predicted octanol–water partition coefficient (Wildman–Crippen LogP) is 2.77. The van der Waals surface area contributed by atoms with Crippen LogP contribution in [-0.4, -0.2) is 21.5 Å². The molecule has 0 spiro atoms. The number of nitrogens with zero attached hydrogens (tertiary/aromatic N) is 3. The molecule has 108 valence electrons. The highest BCUT2D eigenvalue weighted by Crippen LogP contribution is 2.21. The molecule has 0 fully saturated rings. The van der Waals surface area contributed by atoms with Crippen LogP contribution in [0.4, 0.5) is 11.6 Å². The Bertz CT molecular complexity index is 552. The average Bonchev–Trinajstić information content (AvgIpc) is 2.88. The summed E-state index contributed by atoms with van der Waals surface area (Å²) in [6, 6.07) is 0. The summed E-state index contributed by atoms with van der Waals surface area (Å²) in [5.41, 5.74) is 1.09. The van der Waals surface area contributed by atoms with Gasteiger partial charge in [-0.3, -0.25) is 0 Å². The van der Waals surface area contributed by atoms with E-state index in [-0.39, 0.29) is 0 Å². The van der Waals surface area contributed by atoms with Crippen LogP contribution in [0.3, 0.4) is 0 Å². The fourth-order valence-electron chi connectivity index (χ4n) is 1.94. The zero-order valence-corrected chi connectivity index (χ0v) is 12.2. The van der Waals surface area contributed by atoms with Crippen LogP contribution < -0.4 is 10.6 Å². The van der Waals surface area contributed by atoms with Gasteiger partial charge in [0.05, 0.1) is 12.7 Å². The quantitative estimate of drug-likeness (QED) is 0.809. The van der Waals surface area contributed by atoms with Crippen LogP contribution in [0.15, 0.2) is 16.9 Å². The van der Waals surface area contributed by atoms with E-state index in [1.807, 2.05) is 6.92 Å². The van der Waals surface area contributed by atoms with Crippen LogP contribution in [0.1, 0.15) is 37.5 Å². The standard InChI is InChI=1S/C14H21N5O/c1-4-6-15-13-11(5-2)14(19-9-18-13)17-8-12-16-7-10(3)20-12/h7,9H,4-6,8H2,1-3H3,(H2,15,17,18,19). The summed E-state index contributed by atoms with van der Waals surface area (Å²) >= 11 is 0. The molecule has 0 bridgehead atoms. The first kappa shape index (κ1) is 14.3. The zero-order chi connectivity index (χ0) is 14.4. The zero-order valence-electron chi connectivity index (χ0n) is 12.2. The molecule has 6 heteroatoms. The predicted molar refractivity (Wildman–Crippen MR) is 78.8 cm³/mol. The van der Waals surface area contributed by atoms with E-state index in [0.717, 1.165) is 42.3 Å². The molecule has 2 N–H and O–H groups in total. The Morgan fingerprint density at radius 1 is 1.10 bits per heavy atom. The molecular formula is C14H21N5O. The highest BCUT2D eigenvalue weighted by atomic mass is 16.4. The Morgan fingerprint density at radius 3 is 2.45 bits per heavy atom. The largest absolute Gasteiger partial charge is 0.444 e. The second kappa shape index (κ2) is 6.88. The highest BCUT2D eigenvalue weighted by molar-refractivity contribution is 5.57. The Labute approximate surface area is 119 Å². The van der Waals surface area contributed by atoms with E-state index in [9.17, 15) is 0 Å². The fourth-order valence-corrected chi connectivity index (χ4v) is 1.94. The molecule has 0 aliphatic rings. The van der Waals surface area contributed by atoms with Gasteiger partial charge < -0.3 is 15.1 Å². The normalized spacial score (nSPS) is 10.6. The SMILES string of the molecule is CCCNc1ncnc(NCc2ncc(C)o2)c1CC. The van der Waals surface area contributed by atoms with Crippen molar-refractivity contribution in [3.05, 3.63) is 29.7 Å². The number of nitrogens with one attached hydrogen (secondary N) is 2. The molecule has 0 aliphatic carbocycles. The summed E-state index contributed by atoms with van der Waals surface area (Å²) in [6.07, 6.45) is 5.21. The number of aromatic nitrogens is 3. The van der Waals surface area contributed by atoms with Gasteiger partial charge in [0.1, 0.15) is 23.7 Å². The first-order valence-corrected chi connectivity index (χ1v) is 6.97. The number of aryl methyl sites for hydroxylation is 1. The van der Waals surface area contributed by atoms with Gasteiger partial charge in [-0.1, -0.05) is 13.8 Å². The molecule has 20 heavy (non-hydrogen) atoms. The average molecular weight is 275 g/mol. The molecule has 0 aliphatic heterocycles. The Morgan fingerprint density at radius 2 is 1.85 bits per heavy atom. The van der Waals surface area contributed by atoms with Crippen molar-refractivity contribution in [3.63, 3.8) is 0 Å². The second-order valence-electron chi connectivity index (χ2n) is 4.55. The molecule has 0 saturated heterocycles. The first-order valence-electron chi connectivity index (χ1n) is 6.97. The third kappa shape index (κ3) is 3.46. The molecule has 0 saturated carbocycles. The molecule has 0 aromatic carbocycles. The summed E-state index contributed by atoms with van der Waals surface area (Å²) in [5.74, 6) is 3.20. The van der Waals surface area contributed by atoms with Crippen molar-refractivity contribution in [1.82, 2.24) is 15.0 Å². The molecule has 2 aromatic rings. The number of oxazole rings is 1. The van der Waals surface area contributed by atoms with Gasteiger partial charge in [0.15, 0.2) is 0 Å². The van der Waals surface area contributed by atoms with Crippen molar-refractivity contribution in [1.29, 1.82) is 0 Å². The van der Waals surface area contributed by atoms with E-state index in [0.29, 0.717) is 12.4 Å². The molecule has 2 aromatic heterocycles. The van der Waals surface area contributed by atoms with Gasteiger partial charge in [-0.15, -0.1) is 0 Å². The van der Waals surface area contributed by atoms with Crippen LogP contribution >= 0.6 is 0 Å². The van der Waals surface area contributed by atoms with Crippen LogP contribution in [0.5, 0.6) is 0 Å². The van der Waals surface area contributed by atoms with Gasteiger partial charge in [-0.25, -0.2) is 15.0 Å². The minimum Gasteiger partial charge on any atom is -0.444 e. The summed E-state index contributed by atoms with van der Waals surface area (Å²) in [7, 11) is 0. The maximum Gasteiger partial charge on any atom is 0.213 e. The van der Waals surface area contributed by atoms with E-state index in [1.165, 1.54) is 0 Å². The van der Waals surface area contributed by atoms with Crippen molar-refractivity contribution < 1.29 is 4.42 Å².